The van der Waals surface area contributed by atoms with Crippen molar-refractivity contribution >= 4 is 39.1 Å². The zero-order valence-electron chi connectivity index (χ0n) is 23.7. The molecule has 0 aromatic heterocycles. The highest BCUT2D eigenvalue weighted by molar-refractivity contribution is 7.92. The number of benzene rings is 3. The van der Waals surface area contributed by atoms with Gasteiger partial charge in [0.05, 0.1) is 24.8 Å². The van der Waals surface area contributed by atoms with Crippen molar-refractivity contribution in [1.29, 1.82) is 0 Å². The minimum Gasteiger partial charge on any atom is -0.497 e. The van der Waals surface area contributed by atoms with Gasteiger partial charge in [-0.15, -0.1) is 0 Å². The first-order chi connectivity index (χ1) is 19.6. The van der Waals surface area contributed by atoms with Gasteiger partial charge in [-0.3, -0.25) is 13.9 Å². The molecule has 220 valence electrons. The second kappa shape index (κ2) is 14.7. The molecule has 11 heteroatoms. The van der Waals surface area contributed by atoms with E-state index in [0.717, 1.165) is 17.1 Å². The first-order valence-electron chi connectivity index (χ1n) is 13.2. The predicted octanol–water partition coefficient (Wildman–Crippen LogP) is 4.89. The van der Waals surface area contributed by atoms with E-state index in [1.165, 1.54) is 37.3 Å². The molecular formula is C30H36ClN3O6S. The highest BCUT2D eigenvalue weighted by Crippen LogP contribution is 2.36. The van der Waals surface area contributed by atoms with Crippen LogP contribution in [0.15, 0.2) is 77.7 Å². The monoisotopic (exact) mass is 601 g/mol. The number of rotatable bonds is 14. The maximum absolute atomic E-state index is 14.1. The molecule has 1 atom stereocenters. The van der Waals surface area contributed by atoms with Crippen molar-refractivity contribution in [3.05, 3.63) is 83.4 Å². The Morgan fingerprint density at radius 2 is 1.71 bits per heavy atom. The minimum atomic E-state index is -4.25. The van der Waals surface area contributed by atoms with Crippen LogP contribution >= 0.6 is 11.6 Å². The normalized spacial score (nSPS) is 11.8. The standard InChI is InChI=1S/C30H36ClN3O6S/c1-5-6-17-32-30(36)22(2)33(20-23-11-10-12-24(31)18-23)29(35)21-34(41(37,38)26-13-8-7-9-14-26)27-19-25(39-3)15-16-28(27)40-4/h7-16,18-19,22H,5-6,17,20-21H2,1-4H3,(H,32,36)/t22-/m0/s1. The number of unbranched alkanes of at least 4 members (excludes halogenated alkanes) is 1. The number of carbonyl (C=O) groups excluding carboxylic acids is 2. The van der Waals surface area contributed by atoms with Gasteiger partial charge in [0.15, 0.2) is 0 Å². The fraction of sp³-hybridized carbons (Fsp3) is 0.333. The van der Waals surface area contributed by atoms with Gasteiger partial charge in [-0.2, -0.15) is 0 Å². The van der Waals surface area contributed by atoms with Crippen molar-refractivity contribution in [3.8, 4) is 11.5 Å². The van der Waals surface area contributed by atoms with Crippen LogP contribution in [0.2, 0.25) is 5.02 Å². The second-order valence-electron chi connectivity index (χ2n) is 9.33. The molecule has 1 N–H and O–H groups in total. The van der Waals surface area contributed by atoms with Crippen LogP contribution in [0.5, 0.6) is 11.5 Å². The van der Waals surface area contributed by atoms with Crippen LogP contribution in [0.3, 0.4) is 0 Å². The van der Waals surface area contributed by atoms with Gasteiger partial charge < -0.3 is 19.7 Å². The summed E-state index contributed by atoms with van der Waals surface area (Å²) < 4.78 is 39.8. The van der Waals surface area contributed by atoms with E-state index in [2.05, 4.69) is 5.32 Å². The zero-order chi connectivity index (χ0) is 30.0. The van der Waals surface area contributed by atoms with Crippen molar-refractivity contribution in [1.82, 2.24) is 10.2 Å². The van der Waals surface area contributed by atoms with Crippen molar-refractivity contribution in [3.63, 3.8) is 0 Å². The molecule has 0 aliphatic heterocycles. The number of methoxy groups -OCH3 is 2. The Hall–Kier alpha value is -3.76. The van der Waals surface area contributed by atoms with Gasteiger partial charge in [-0.05, 0) is 55.3 Å². The topological polar surface area (TPSA) is 105 Å². The molecule has 0 spiro atoms. The Morgan fingerprint density at radius 3 is 2.34 bits per heavy atom. The fourth-order valence-corrected chi connectivity index (χ4v) is 5.83. The van der Waals surface area contributed by atoms with Gasteiger partial charge in [-0.1, -0.05) is 55.3 Å². The summed E-state index contributed by atoms with van der Waals surface area (Å²) in [5.74, 6) is -0.330. The van der Waals surface area contributed by atoms with Crippen LogP contribution < -0.4 is 19.1 Å². The molecule has 2 amide bonds. The Kier molecular flexibility index (Phi) is 11.4. The third-order valence-corrected chi connectivity index (χ3v) is 8.51. The lowest BCUT2D eigenvalue weighted by Gasteiger charge is -2.32. The quantitative estimate of drug-likeness (QED) is 0.264. The van der Waals surface area contributed by atoms with Crippen molar-refractivity contribution < 1.29 is 27.5 Å². The van der Waals surface area contributed by atoms with Gasteiger partial charge >= 0.3 is 0 Å². The van der Waals surface area contributed by atoms with Gasteiger partial charge in [0.2, 0.25) is 11.8 Å². The third kappa shape index (κ3) is 8.14. The molecule has 3 rings (SSSR count). The summed E-state index contributed by atoms with van der Waals surface area (Å²) in [6, 6.07) is 18.6. The average Bonchev–Trinajstić information content (AvgIpc) is 2.98. The van der Waals surface area contributed by atoms with Crippen LogP contribution in [-0.2, 0) is 26.2 Å². The molecule has 0 bridgehead atoms. The van der Waals surface area contributed by atoms with Crippen LogP contribution in [0.1, 0.15) is 32.3 Å². The highest BCUT2D eigenvalue weighted by Gasteiger charge is 2.34. The smallest absolute Gasteiger partial charge is 0.264 e. The molecule has 0 unspecified atom stereocenters. The summed E-state index contributed by atoms with van der Waals surface area (Å²) in [6.45, 7) is 3.53. The summed E-state index contributed by atoms with van der Waals surface area (Å²) in [7, 11) is -1.39. The molecule has 3 aromatic rings. The maximum Gasteiger partial charge on any atom is 0.264 e. The highest BCUT2D eigenvalue weighted by atomic mass is 35.5. The summed E-state index contributed by atoms with van der Waals surface area (Å²) in [4.78, 5) is 28.5. The number of halogens is 1. The molecule has 9 nitrogen and oxygen atoms in total. The number of amides is 2. The lowest BCUT2D eigenvalue weighted by Crippen LogP contribution is -2.51. The maximum atomic E-state index is 14.1. The average molecular weight is 602 g/mol. The Bertz CT molecular complexity index is 1440. The Labute approximate surface area is 247 Å². The molecule has 0 aliphatic rings. The van der Waals surface area contributed by atoms with Crippen molar-refractivity contribution in [2.24, 2.45) is 0 Å². The zero-order valence-corrected chi connectivity index (χ0v) is 25.2. The molecule has 0 aliphatic carbocycles. The second-order valence-corrected chi connectivity index (χ2v) is 11.6. The lowest BCUT2D eigenvalue weighted by atomic mass is 10.1. The predicted molar refractivity (Wildman–Crippen MR) is 160 cm³/mol. The third-order valence-electron chi connectivity index (χ3n) is 6.50. The van der Waals surface area contributed by atoms with E-state index in [4.69, 9.17) is 21.1 Å². The number of anilines is 1. The molecule has 0 saturated heterocycles. The number of nitrogens with one attached hydrogen (secondary N) is 1. The number of hydrogen-bond donors (Lipinski definition) is 1. The van der Waals surface area contributed by atoms with Gasteiger partial charge in [0.25, 0.3) is 10.0 Å². The van der Waals surface area contributed by atoms with Crippen LogP contribution in [0.25, 0.3) is 0 Å². The minimum absolute atomic E-state index is 0.00980. The molecule has 0 radical (unpaired) electrons. The van der Waals surface area contributed by atoms with Crippen molar-refractivity contribution in [2.45, 2.75) is 44.2 Å². The number of nitrogens with zero attached hydrogens (tertiary/aromatic N) is 2. The fourth-order valence-electron chi connectivity index (χ4n) is 4.18. The summed E-state index contributed by atoms with van der Waals surface area (Å²) in [6.07, 6.45) is 1.69. The number of sulfonamides is 1. The van der Waals surface area contributed by atoms with Crippen LogP contribution in [-0.4, -0.2) is 58.5 Å². The molecule has 3 aromatic carbocycles. The molecular weight excluding hydrogens is 566 g/mol. The van der Waals surface area contributed by atoms with Gasteiger partial charge in [0, 0.05) is 24.2 Å². The van der Waals surface area contributed by atoms with Crippen molar-refractivity contribution in [2.75, 3.05) is 31.6 Å². The van der Waals surface area contributed by atoms with Crippen LogP contribution in [0.4, 0.5) is 5.69 Å². The summed E-state index contributed by atoms with van der Waals surface area (Å²) in [5.41, 5.74) is 0.808. The first kappa shape index (κ1) is 31.8. The first-order valence-corrected chi connectivity index (χ1v) is 15.1. The molecule has 0 fully saturated rings. The van der Waals surface area contributed by atoms with Gasteiger partial charge in [0.1, 0.15) is 24.1 Å². The van der Waals surface area contributed by atoms with Gasteiger partial charge in [-0.25, -0.2) is 8.42 Å². The number of hydrogen-bond acceptors (Lipinski definition) is 6. The van der Waals surface area contributed by atoms with E-state index in [9.17, 15) is 18.0 Å². The molecule has 0 heterocycles. The van der Waals surface area contributed by atoms with E-state index in [1.54, 1.807) is 61.5 Å². The lowest BCUT2D eigenvalue weighted by molar-refractivity contribution is -0.139. The molecule has 0 saturated carbocycles. The van der Waals surface area contributed by atoms with E-state index in [0.29, 0.717) is 22.9 Å². The largest absolute Gasteiger partial charge is 0.497 e. The summed E-state index contributed by atoms with van der Waals surface area (Å²) in [5, 5.41) is 3.34. The van der Waals surface area contributed by atoms with E-state index >= 15 is 0 Å². The Balaban J connectivity index is 2.08. The van der Waals surface area contributed by atoms with E-state index in [-0.39, 0.29) is 28.8 Å². The SMILES string of the molecule is CCCCNC(=O)[C@H](C)N(Cc1cccc(Cl)c1)C(=O)CN(c1cc(OC)ccc1OC)S(=O)(=O)c1ccccc1. The Morgan fingerprint density at radius 1 is 0.976 bits per heavy atom. The number of ether oxygens (including phenoxy) is 2. The van der Waals surface area contributed by atoms with Crippen LogP contribution in [0, 0.1) is 0 Å². The van der Waals surface area contributed by atoms with E-state index < -0.39 is 28.5 Å². The van der Waals surface area contributed by atoms with E-state index in [1.807, 2.05) is 6.92 Å². The summed E-state index contributed by atoms with van der Waals surface area (Å²) >= 11 is 6.19. The molecule has 41 heavy (non-hydrogen) atoms. The number of carbonyl (C=O) groups is 2.